The van der Waals surface area contributed by atoms with Crippen LogP contribution in [-0.4, -0.2) is 28.2 Å². The van der Waals surface area contributed by atoms with Gasteiger partial charge in [-0.1, -0.05) is 11.8 Å². The van der Waals surface area contributed by atoms with Gasteiger partial charge in [0.15, 0.2) is 4.34 Å². The summed E-state index contributed by atoms with van der Waals surface area (Å²) in [5, 5.41) is 9.18. The molecule has 0 saturated heterocycles. The van der Waals surface area contributed by atoms with E-state index in [1.54, 1.807) is 31.0 Å². The molecule has 0 fully saturated rings. The van der Waals surface area contributed by atoms with Crippen LogP contribution in [0.4, 0.5) is 0 Å². The van der Waals surface area contributed by atoms with E-state index in [0.717, 1.165) is 21.5 Å². The fourth-order valence-corrected chi connectivity index (χ4v) is 2.83. The Morgan fingerprint density at radius 1 is 1.35 bits per heavy atom. The topological polar surface area (TPSA) is 55.2 Å². The molecule has 0 aliphatic rings. The number of hydrogen-bond donors (Lipinski definition) is 1. The van der Waals surface area contributed by atoms with E-state index in [4.69, 9.17) is 4.74 Å². The second kappa shape index (κ2) is 6.00. The van der Waals surface area contributed by atoms with Gasteiger partial charge in [0.25, 0.3) is 0 Å². The van der Waals surface area contributed by atoms with Crippen molar-refractivity contribution in [2.24, 2.45) is 0 Å². The molecule has 0 spiro atoms. The second-order valence-electron chi connectivity index (χ2n) is 3.32. The summed E-state index contributed by atoms with van der Waals surface area (Å²) in [7, 11) is 1.67. The number of benzene rings is 1. The number of aromatic hydroxyl groups is 1. The van der Waals surface area contributed by atoms with Crippen LogP contribution in [0.5, 0.6) is 5.75 Å². The molecule has 0 radical (unpaired) electrons. The molecule has 1 aromatic carbocycles. The highest BCUT2D eigenvalue weighted by Crippen LogP contribution is 2.29. The minimum Gasteiger partial charge on any atom is -0.508 e. The first-order chi connectivity index (χ1) is 8.28. The van der Waals surface area contributed by atoms with Crippen molar-refractivity contribution in [2.45, 2.75) is 15.7 Å². The Morgan fingerprint density at radius 3 is 2.82 bits per heavy atom. The Kier molecular flexibility index (Phi) is 4.36. The monoisotopic (exact) mass is 268 g/mol. The molecular weight excluding hydrogens is 256 g/mol. The largest absolute Gasteiger partial charge is 0.508 e. The predicted octanol–water partition coefficient (Wildman–Crippen LogP) is 2.58. The maximum absolute atomic E-state index is 9.18. The molecule has 4 nitrogen and oxygen atoms in total. The van der Waals surface area contributed by atoms with Crippen molar-refractivity contribution in [1.82, 2.24) is 9.36 Å². The van der Waals surface area contributed by atoms with Gasteiger partial charge in [-0.05, 0) is 35.8 Å². The van der Waals surface area contributed by atoms with E-state index >= 15 is 0 Å². The molecule has 0 atom stereocenters. The van der Waals surface area contributed by atoms with Crippen molar-refractivity contribution in [2.75, 3.05) is 13.7 Å². The van der Waals surface area contributed by atoms with Gasteiger partial charge in [0, 0.05) is 18.4 Å². The molecule has 0 aliphatic carbocycles. The summed E-state index contributed by atoms with van der Waals surface area (Å²) >= 11 is 2.93. The lowest BCUT2D eigenvalue weighted by Crippen LogP contribution is -1.95. The Hall–Kier alpha value is -1.11. The minimum atomic E-state index is 0.271. The highest BCUT2D eigenvalue weighted by molar-refractivity contribution is 8.01. The highest BCUT2D eigenvalue weighted by Gasteiger charge is 2.05. The lowest BCUT2D eigenvalue weighted by Gasteiger charge is -1.96. The van der Waals surface area contributed by atoms with Gasteiger partial charge >= 0.3 is 0 Å². The molecule has 1 aromatic heterocycles. The number of hydrogen-bond acceptors (Lipinski definition) is 6. The first kappa shape index (κ1) is 12.3. The van der Waals surface area contributed by atoms with Crippen molar-refractivity contribution in [3.8, 4) is 5.75 Å². The third kappa shape index (κ3) is 3.69. The third-order valence-electron chi connectivity index (χ3n) is 2.02. The molecule has 2 rings (SSSR count). The third-order valence-corrected chi connectivity index (χ3v) is 3.82. The van der Waals surface area contributed by atoms with Gasteiger partial charge in [-0.15, -0.1) is 0 Å². The SMILES string of the molecule is COCCc1nsc(Sc2ccc(O)cc2)n1. The highest BCUT2D eigenvalue weighted by atomic mass is 32.2. The lowest BCUT2D eigenvalue weighted by molar-refractivity contribution is 0.200. The second-order valence-corrected chi connectivity index (χ2v) is 5.39. The van der Waals surface area contributed by atoms with Gasteiger partial charge in [-0.2, -0.15) is 4.37 Å². The van der Waals surface area contributed by atoms with Crippen LogP contribution in [0.1, 0.15) is 5.82 Å². The Bertz CT molecular complexity index is 471. The van der Waals surface area contributed by atoms with E-state index in [-0.39, 0.29) is 5.75 Å². The van der Waals surface area contributed by atoms with Crippen LogP contribution >= 0.6 is 23.3 Å². The standard InChI is InChI=1S/C11H12N2O2S2/c1-15-7-6-10-12-11(17-13-10)16-9-4-2-8(14)3-5-9/h2-5,14H,6-7H2,1H3. The van der Waals surface area contributed by atoms with Gasteiger partial charge in [-0.3, -0.25) is 0 Å². The van der Waals surface area contributed by atoms with Crippen molar-refractivity contribution in [1.29, 1.82) is 0 Å². The smallest absolute Gasteiger partial charge is 0.174 e. The fourth-order valence-electron chi connectivity index (χ4n) is 1.19. The number of phenolic OH excluding ortho intramolecular Hbond substituents is 1. The first-order valence-electron chi connectivity index (χ1n) is 5.06. The van der Waals surface area contributed by atoms with Crippen molar-refractivity contribution in [3.63, 3.8) is 0 Å². The van der Waals surface area contributed by atoms with E-state index in [1.807, 2.05) is 12.1 Å². The molecule has 0 saturated carbocycles. The molecule has 90 valence electrons. The molecule has 1 heterocycles. The Labute approximate surface area is 108 Å². The van der Waals surface area contributed by atoms with Gasteiger partial charge < -0.3 is 9.84 Å². The predicted molar refractivity (Wildman–Crippen MR) is 67.7 cm³/mol. The van der Waals surface area contributed by atoms with Crippen LogP contribution in [-0.2, 0) is 11.2 Å². The molecule has 0 bridgehead atoms. The number of phenols is 1. The zero-order chi connectivity index (χ0) is 12.1. The summed E-state index contributed by atoms with van der Waals surface area (Å²) in [6.07, 6.45) is 0.739. The van der Waals surface area contributed by atoms with Crippen LogP contribution in [0.15, 0.2) is 33.5 Å². The normalized spacial score (nSPS) is 10.6. The molecule has 1 N–H and O–H groups in total. The van der Waals surface area contributed by atoms with E-state index in [2.05, 4.69) is 9.36 Å². The van der Waals surface area contributed by atoms with Gasteiger partial charge in [0.05, 0.1) is 6.61 Å². The number of ether oxygens (including phenoxy) is 1. The average Bonchev–Trinajstić information content (AvgIpc) is 2.77. The van der Waals surface area contributed by atoms with Gasteiger partial charge in [0.1, 0.15) is 11.6 Å². The fraction of sp³-hybridized carbons (Fsp3) is 0.273. The zero-order valence-corrected chi connectivity index (χ0v) is 10.9. The molecule has 6 heteroatoms. The van der Waals surface area contributed by atoms with Crippen molar-refractivity contribution < 1.29 is 9.84 Å². The number of methoxy groups -OCH3 is 1. The first-order valence-corrected chi connectivity index (χ1v) is 6.65. The number of aromatic nitrogens is 2. The van der Waals surface area contributed by atoms with Crippen LogP contribution in [0.2, 0.25) is 0 Å². The van der Waals surface area contributed by atoms with Crippen molar-refractivity contribution in [3.05, 3.63) is 30.1 Å². The Morgan fingerprint density at radius 2 is 2.12 bits per heavy atom. The maximum atomic E-state index is 9.18. The molecule has 2 aromatic rings. The summed E-state index contributed by atoms with van der Waals surface area (Å²) in [6, 6.07) is 7.04. The van der Waals surface area contributed by atoms with E-state index < -0.39 is 0 Å². The Balaban J connectivity index is 1.98. The van der Waals surface area contributed by atoms with Gasteiger partial charge in [-0.25, -0.2) is 4.98 Å². The molecule has 17 heavy (non-hydrogen) atoms. The number of rotatable bonds is 5. The summed E-state index contributed by atoms with van der Waals surface area (Å²) in [5.74, 6) is 1.09. The summed E-state index contributed by atoms with van der Waals surface area (Å²) in [4.78, 5) is 5.43. The zero-order valence-electron chi connectivity index (χ0n) is 9.29. The van der Waals surface area contributed by atoms with Crippen LogP contribution < -0.4 is 0 Å². The van der Waals surface area contributed by atoms with E-state index in [9.17, 15) is 5.11 Å². The molecule has 0 amide bonds. The lowest BCUT2D eigenvalue weighted by atomic mass is 10.3. The van der Waals surface area contributed by atoms with E-state index in [1.165, 1.54) is 11.5 Å². The summed E-state index contributed by atoms with van der Waals surface area (Å²) in [6.45, 7) is 0.639. The quantitative estimate of drug-likeness (QED) is 0.903. The van der Waals surface area contributed by atoms with Gasteiger partial charge in [0.2, 0.25) is 0 Å². The van der Waals surface area contributed by atoms with Crippen LogP contribution in [0.3, 0.4) is 0 Å². The molecule has 0 aliphatic heterocycles. The van der Waals surface area contributed by atoms with Crippen LogP contribution in [0.25, 0.3) is 0 Å². The maximum Gasteiger partial charge on any atom is 0.174 e. The van der Waals surface area contributed by atoms with E-state index in [0.29, 0.717) is 6.61 Å². The van der Waals surface area contributed by atoms with Crippen LogP contribution in [0, 0.1) is 0 Å². The number of nitrogens with zero attached hydrogens (tertiary/aromatic N) is 2. The average molecular weight is 268 g/mol. The van der Waals surface area contributed by atoms with Crippen molar-refractivity contribution >= 4 is 23.3 Å². The minimum absolute atomic E-state index is 0.271. The molecular formula is C11H12N2O2S2. The summed E-state index contributed by atoms with van der Waals surface area (Å²) < 4.78 is 10.1. The molecule has 0 unspecified atom stereocenters. The summed E-state index contributed by atoms with van der Waals surface area (Å²) in [5.41, 5.74) is 0.